The number of nitrogens with two attached hydrogens (primary N) is 1. The molecule has 2 fully saturated rings. The molecule has 86 valence electrons. The van der Waals surface area contributed by atoms with Crippen molar-refractivity contribution in [2.75, 3.05) is 13.1 Å². The molecule has 2 N–H and O–H groups in total. The number of amides is 1. The Bertz CT molecular complexity index is 272. The molecule has 2 rings (SSSR count). The van der Waals surface area contributed by atoms with Crippen LogP contribution in [0.5, 0.6) is 0 Å². The highest BCUT2D eigenvalue weighted by Crippen LogP contribution is 2.43. The first-order valence-corrected chi connectivity index (χ1v) is 5.62. The molecule has 1 heterocycles. The van der Waals surface area contributed by atoms with E-state index in [9.17, 15) is 4.79 Å². The fraction of sp³-hybridized carbons (Fsp3) is 0.909. The Balaban J connectivity index is 1.87. The lowest BCUT2D eigenvalue weighted by Crippen LogP contribution is -2.40. The van der Waals surface area contributed by atoms with Crippen molar-refractivity contribution in [3.8, 4) is 0 Å². The minimum atomic E-state index is -0.403. The number of hydrogen-bond acceptors (Lipinski definition) is 3. The minimum absolute atomic E-state index is 0.194. The van der Waals surface area contributed by atoms with Crippen LogP contribution in [0.15, 0.2) is 0 Å². The molecule has 15 heavy (non-hydrogen) atoms. The summed E-state index contributed by atoms with van der Waals surface area (Å²) in [5, 5.41) is 0. The third kappa shape index (κ3) is 2.25. The molecule has 1 saturated heterocycles. The number of carbonyl (C=O) groups is 1. The molecule has 1 aliphatic heterocycles. The summed E-state index contributed by atoms with van der Waals surface area (Å²) in [7, 11) is 0. The highest BCUT2D eigenvalue weighted by molar-refractivity contribution is 5.68. The molecule has 4 nitrogen and oxygen atoms in total. The second-order valence-corrected chi connectivity index (χ2v) is 5.62. The van der Waals surface area contributed by atoms with Gasteiger partial charge in [-0.1, -0.05) is 0 Å². The topological polar surface area (TPSA) is 55.6 Å². The molecule has 0 aromatic carbocycles. The molecule has 0 bridgehead atoms. The Kier molecular flexibility index (Phi) is 2.41. The van der Waals surface area contributed by atoms with Gasteiger partial charge in [0.1, 0.15) is 5.60 Å². The molecule has 0 radical (unpaired) electrons. The van der Waals surface area contributed by atoms with Crippen molar-refractivity contribution in [2.24, 2.45) is 17.6 Å². The second-order valence-electron chi connectivity index (χ2n) is 5.62. The average Bonchev–Trinajstić information content (AvgIpc) is 2.74. The smallest absolute Gasteiger partial charge is 0.410 e. The molecular formula is C11H20N2O2. The van der Waals surface area contributed by atoms with Gasteiger partial charge >= 0.3 is 6.09 Å². The molecule has 1 saturated carbocycles. The molecule has 2 aliphatic rings. The first-order valence-electron chi connectivity index (χ1n) is 5.62. The predicted molar refractivity (Wildman–Crippen MR) is 57.4 cm³/mol. The highest BCUT2D eigenvalue weighted by atomic mass is 16.6. The van der Waals surface area contributed by atoms with Gasteiger partial charge in [-0.25, -0.2) is 4.79 Å². The SMILES string of the molecule is CC(C)(C)OC(=O)N1CC[C@@H]2C(N)[C@H]2C1. The van der Waals surface area contributed by atoms with Crippen LogP contribution in [0.25, 0.3) is 0 Å². The van der Waals surface area contributed by atoms with Crippen LogP contribution in [0.2, 0.25) is 0 Å². The molecule has 0 aromatic heterocycles. The number of piperidine rings is 1. The van der Waals surface area contributed by atoms with Gasteiger partial charge in [0, 0.05) is 19.1 Å². The molecule has 3 atom stereocenters. The number of rotatable bonds is 0. The molecule has 0 spiro atoms. The van der Waals surface area contributed by atoms with Crippen molar-refractivity contribution in [2.45, 2.75) is 38.8 Å². The first-order chi connectivity index (χ1) is 6.88. The van der Waals surface area contributed by atoms with E-state index in [1.165, 1.54) is 0 Å². The van der Waals surface area contributed by atoms with E-state index in [1.54, 1.807) is 4.90 Å². The Morgan fingerprint density at radius 3 is 2.60 bits per heavy atom. The summed E-state index contributed by atoms with van der Waals surface area (Å²) >= 11 is 0. The van der Waals surface area contributed by atoms with E-state index in [0.29, 0.717) is 17.9 Å². The summed E-state index contributed by atoms with van der Waals surface area (Å²) in [6.45, 7) is 7.24. The van der Waals surface area contributed by atoms with Crippen molar-refractivity contribution in [3.05, 3.63) is 0 Å². The standard InChI is InChI=1S/C11H20N2O2/c1-11(2,3)15-10(14)13-5-4-7-8(6-13)9(7)12/h7-9H,4-6,12H2,1-3H3/t7-,8-,9?/m0/s1. The van der Waals surface area contributed by atoms with Gasteiger partial charge < -0.3 is 15.4 Å². The minimum Gasteiger partial charge on any atom is -0.444 e. The van der Waals surface area contributed by atoms with E-state index in [2.05, 4.69) is 0 Å². The summed E-state index contributed by atoms with van der Waals surface area (Å²) in [5.41, 5.74) is 5.48. The molecule has 1 aliphatic carbocycles. The number of ether oxygens (including phenoxy) is 1. The third-order valence-electron chi connectivity index (χ3n) is 3.21. The Hall–Kier alpha value is -0.770. The van der Waals surface area contributed by atoms with Gasteiger partial charge in [-0.15, -0.1) is 0 Å². The quantitative estimate of drug-likeness (QED) is 0.656. The molecular weight excluding hydrogens is 192 g/mol. The molecule has 1 amide bonds. The van der Waals surface area contributed by atoms with Gasteiger partial charge in [0.25, 0.3) is 0 Å². The lowest BCUT2D eigenvalue weighted by molar-refractivity contribution is 0.0207. The van der Waals surface area contributed by atoms with Crippen LogP contribution >= 0.6 is 0 Å². The van der Waals surface area contributed by atoms with Crippen LogP contribution in [0.3, 0.4) is 0 Å². The largest absolute Gasteiger partial charge is 0.444 e. The number of fused-ring (bicyclic) bond motifs is 1. The lowest BCUT2D eigenvalue weighted by Gasteiger charge is -2.29. The maximum atomic E-state index is 11.7. The zero-order chi connectivity index (χ0) is 11.2. The number of nitrogens with zero attached hydrogens (tertiary/aromatic N) is 1. The number of likely N-dealkylation sites (tertiary alicyclic amines) is 1. The van der Waals surface area contributed by atoms with Gasteiger partial charge in [-0.3, -0.25) is 0 Å². The van der Waals surface area contributed by atoms with E-state index < -0.39 is 5.60 Å². The predicted octanol–water partition coefficient (Wildman–Crippen LogP) is 1.20. The van der Waals surface area contributed by atoms with Gasteiger partial charge in [0.2, 0.25) is 0 Å². The zero-order valence-electron chi connectivity index (χ0n) is 9.69. The Morgan fingerprint density at radius 1 is 1.40 bits per heavy atom. The van der Waals surface area contributed by atoms with Crippen molar-refractivity contribution in [1.82, 2.24) is 4.90 Å². The summed E-state index contributed by atoms with van der Waals surface area (Å²) in [5.74, 6) is 1.18. The summed E-state index contributed by atoms with van der Waals surface area (Å²) < 4.78 is 5.33. The third-order valence-corrected chi connectivity index (χ3v) is 3.21. The molecule has 0 aromatic rings. The Morgan fingerprint density at radius 2 is 2.07 bits per heavy atom. The lowest BCUT2D eigenvalue weighted by atomic mass is 10.1. The highest BCUT2D eigenvalue weighted by Gasteiger charge is 2.51. The fourth-order valence-electron chi connectivity index (χ4n) is 2.28. The maximum absolute atomic E-state index is 11.7. The van der Waals surface area contributed by atoms with Crippen LogP contribution in [0.1, 0.15) is 27.2 Å². The average molecular weight is 212 g/mol. The maximum Gasteiger partial charge on any atom is 0.410 e. The monoisotopic (exact) mass is 212 g/mol. The van der Waals surface area contributed by atoms with Crippen molar-refractivity contribution < 1.29 is 9.53 Å². The van der Waals surface area contributed by atoms with E-state index in [-0.39, 0.29) is 6.09 Å². The van der Waals surface area contributed by atoms with Gasteiger partial charge in [0.15, 0.2) is 0 Å². The van der Waals surface area contributed by atoms with Crippen molar-refractivity contribution >= 4 is 6.09 Å². The van der Waals surface area contributed by atoms with Crippen LogP contribution in [0, 0.1) is 11.8 Å². The van der Waals surface area contributed by atoms with Crippen LogP contribution in [-0.2, 0) is 4.74 Å². The fourth-order valence-corrected chi connectivity index (χ4v) is 2.28. The van der Waals surface area contributed by atoms with Crippen LogP contribution in [-0.4, -0.2) is 35.7 Å². The summed E-state index contributed by atoms with van der Waals surface area (Å²) in [6, 6.07) is 0.317. The Labute approximate surface area is 90.8 Å². The normalized spacial score (nSPS) is 34.7. The van der Waals surface area contributed by atoms with Gasteiger partial charge in [-0.2, -0.15) is 0 Å². The second kappa shape index (κ2) is 3.37. The van der Waals surface area contributed by atoms with Crippen molar-refractivity contribution in [3.63, 3.8) is 0 Å². The first kappa shape index (κ1) is 10.7. The zero-order valence-corrected chi connectivity index (χ0v) is 9.69. The summed E-state index contributed by atoms with van der Waals surface area (Å²) in [6.07, 6.45) is 0.838. The molecule has 1 unspecified atom stereocenters. The van der Waals surface area contributed by atoms with E-state index in [0.717, 1.165) is 19.5 Å². The number of carbonyl (C=O) groups excluding carboxylic acids is 1. The van der Waals surface area contributed by atoms with Crippen LogP contribution in [0.4, 0.5) is 4.79 Å². The van der Waals surface area contributed by atoms with E-state index in [1.807, 2.05) is 20.8 Å². The van der Waals surface area contributed by atoms with E-state index in [4.69, 9.17) is 10.5 Å². The summed E-state index contributed by atoms with van der Waals surface area (Å²) in [4.78, 5) is 13.5. The van der Waals surface area contributed by atoms with E-state index >= 15 is 0 Å². The van der Waals surface area contributed by atoms with Crippen molar-refractivity contribution in [1.29, 1.82) is 0 Å². The molecule has 4 heteroatoms. The van der Waals surface area contributed by atoms with Crippen LogP contribution < -0.4 is 5.73 Å². The number of hydrogen-bond donors (Lipinski definition) is 1. The van der Waals surface area contributed by atoms with Gasteiger partial charge in [-0.05, 0) is 39.0 Å². The van der Waals surface area contributed by atoms with Gasteiger partial charge in [0.05, 0.1) is 0 Å².